The van der Waals surface area contributed by atoms with Crippen LogP contribution < -0.4 is 10.8 Å². The number of nitrogens with zero attached hydrogens (tertiary/aromatic N) is 1. The number of para-hydroxylation sites is 1. The summed E-state index contributed by atoms with van der Waals surface area (Å²) in [5, 5.41) is 11.8. The van der Waals surface area contributed by atoms with Gasteiger partial charge in [0.1, 0.15) is 12.0 Å². The molecule has 1 unspecified atom stereocenters. The van der Waals surface area contributed by atoms with Crippen molar-refractivity contribution < 1.29 is 19.2 Å². The Balaban J connectivity index is 1.76. The van der Waals surface area contributed by atoms with Crippen LogP contribution in [0.1, 0.15) is 47.8 Å². The summed E-state index contributed by atoms with van der Waals surface area (Å²) in [6, 6.07) is 13.6. The average molecular weight is 371 g/mol. The van der Waals surface area contributed by atoms with Crippen LogP contribution in [0.3, 0.4) is 0 Å². The second-order valence-corrected chi connectivity index (χ2v) is 6.46. The SMILES string of the molecule is O=C(CCCCCN1C(=O)c2ccccc2NC1c1ccccc1F)NO. The minimum atomic E-state index is -0.589. The summed E-state index contributed by atoms with van der Waals surface area (Å²) in [4.78, 5) is 25.7. The molecule has 1 aliphatic rings. The second-order valence-electron chi connectivity index (χ2n) is 6.46. The number of hydrogen-bond donors (Lipinski definition) is 3. The number of nitrogens with one attached hydrogen (secondary N) is 2. The van der Waals surface area contributed by atoms with Gasteiger partial charge in [-0.05, 0) is 31.0 Å². The fourth-order valence-electron chi connectivity index (χ4n) is 3.27. The van der Waals surface area contributed by atoms with Gasteiger partial charge in [0.25, 0.3) is 5.91 Å². The van der Waals surface area contributed by atoms with Gasteiger partial charge in [0.15, 0.2) is 0 Å². The molecule has 142 valence electrons. The Labute approximate surface area is 156 Å². The number of carbonyl (C=O) groups is 2. The maximum atomic E-state index is 14.4. The van der Waals surface area contributed by atoms with Gasteiger partial charge >= 0.3 is 0 Å². The van der Waals surface area contributed by atoms with Crippen LogP contribution in [0.15, 0.2) is 48.5 Å². The molecule has 1 heterocycles. The molecular weight excluding hydrogens is 349 g/mol. The van der Waals surface area contributed by atoms with E-state index >= 15 is 0 Å². The summed E-state index contributed by atoms with van der Waals surface area (Å²) >= 11 is 0. The summed E-state index contributed by atoms with van der Waals surface area (Å²) in [5.74, 6) is -0.943. The van der Waals surface area contributed by atoms with Crippen LogP contribution in [0, 0.1) is 5.82 Å². The van der Waals surface area contributed by atoms with Crippen LogP contribution in [0.2, 0.25) is 0 Å². The topological polar surface area (TPSA) is 81.7 Å². The molecule has 0 spiro atoms. The van der Waals surface area contributed by atoms with E-state index in [1.54, 1.807) is 40.7 Å². The summed E-state index contributed by atoms with van der Waals surface area (Å²) < 4.78 is 14.4. The third-order valence-electron chi connectivity index (χ3n) is 4.65. The summed E-state index contributed by atoms with van der Waals surface area (Å²) in [6.45, 7) is 0.430. The van der Waals surface area contributed by atoms with Crippen molar-refractivity contribution in [1.29, 1.82) is 0 Å². The zero-order valence-electron chi connectivity index (χ0n) is 14.8. The van der Waals surface area contributed by atoms with Crippen molar-refractivity contribution in [2.75, 3.05) is 11.9 Å². The largest absolute Gasteiger partial charge is 0.361 e. The number of hydroxylamine groups is 1. The second kappa shape index (κ2) is 8.64. The van der Waals surface area contributed by atoms with Crippen LogP contribution in [0.4, 0.5) is 10.1 Å². The van der Waals surface area contributed by atoms with Gasteiger partial charge < -0.3 is 10.2 Å². The standard InChI is InChI=1S/C20H22FN3O3/c21-16-10-5-3-8-14(16)19-22-17-11-6-4-9-15(17)20(26)24(19)13-7-1-2-12-18(25)23-27/h3-6,8-11,19,22,27H,1-2,7,12-13H2,(H,23,25). The molecule has 0 aliphatic carbocycles. The number of amides is 2. The number of fused-ring (bicyclic) bond motifs is 1. The molecule has 2 amide bonds. The maximum absolute atomic E-state index is 14.4. The summed E-state index contributed by atoms with van der Waals surface area (Å²) in [6.07, 6.45) is 1.61. The van der Waals surface area contributed by atoms with Gasteiger partial charge in [-0.25, -0.2) is 9.87 Å². The third-order valence-corrected chi connectivity index (χ3v) is 4.65. The number of rotatable bonds is 7. The first kappa shape index (κ1) is 18.8. The molecule has 0 aromatic heterocycles. The summed E-state index contributed by atoms with van der Waals surface area (Å²) in [7, 11) is 0. The Morgan fingerprint density at radius 3 is 2.63 bits per heavy atom. The van der Waals surface area contributed by atoms with Gasteiger partial charge in [-0.15, -0.1) is 0 Å². The van der Waals surface area contributed by atoms with E-state index in [1.807, 2.05) is 12.1 Å². The smallest absolute Gasteiger partial charge is 0.257 e. The van der Waals surface area contributed by atoms with Crippen LogP contribution in [-0.4, -0.2) is 28.5 Å². The minimum absolute atomic E-state index is 0.147. The Morgan fingerprint density at radius 2 is 1.85 bits per heavy atom. The maximum Gasteiger partial charge on any atom is 0.257 e. The first-order valence-electron chi connectivity index (χ1n) is 8.95. The predicted octanol–water partition coefficient (Wildman–Crippen LogP) is 3.46. The Hall–Kier alpha value is -2.93. The van der Waals surface area contributed by atoms with Gasteiger partial charge in [0, 0.05) is 24.2 Å². The van der Waals surface area contributed by atoms with E-state index in [-0.39, 0.29) is 18.1 Å². The molecule has 7 heteroatoms. The zero-order valence-corrected chi connectivity index (χ0v) is 14.8. The molecule has 1 atom stereocenters. The van der Waals surface area contributed by atoms with E-state index in [9.17, 15) is 14.0 Å². The van der Waals surface area contributed by atoms with Gasteiger partial charge in [-0.1, -0.05) is 36.8 Å². The lowest BCUT2D eigenvalue weighted by Crippen LogP contribution is -2.43. The van der Waals surface area contributed by atoms with Crippen molar-refractivity contribution >= 4 is 17.5 Å². The number of anilines is 1. The highest BCUT2D eigenvalue weighted by Gasteiger charge is 2.33. The highest BCUT2D eigenvalue weighted by Crippen LogP contribution is 2.34. The molecule has 0 bridgehead atoms. The van der Waals surface area contributed by atoms with Gasteiger partial charge in [-0.3, -0.25) is 14.8 Å². The molecule has 0 radical (unpaired) electrons. The third kappa shape index (κ3) is 4.25. The Kier molecular flexibility index (Phi) is 6.03. The highest BCUT2D eigenvalue weighted by molar-refractivity contribution is 6.01. The van der Waals surface area contributed by atoms with Crippen molar-refractivity contribution in [2.45, 2.75) is 31.8 Å². The fourth-order valence-corrected chi connectivity index (χ4v) is 3.27. The lowest BCUT2D eigenvalue weighted by molar-refractivity contribution is -0.129. The fraction of sp³-hybridized carbons (Fsp3) is 0.300. The monoisotopic (exact) mass is 371 g/mol. The molecule has 27 heavy (non-hydrogen) atoms. The molecule has 6 nitrogen and oxygen atoms in total. The van der Waals surface area contributed by atoms with E-state index in [4.69, 9.17) is 5.21 Å². The summed E-state index contributed by atoms with van der Waals surface area (Å²) in [5.41, 5.74) is 3.27. The molecule has 0 saturated carbocycles. The molecule has 3 rings (SSSR count). The Morgan fingerprint density at radius 1 is 1.11 bits per heavy atom. The highest BCUT2D eigenvalue weighted by atomic mass is 19.1. The van der Waals surface area contributed by atoms with Gasteiger partial charge in [0.05, 0.1) is 5.56 Å². The molecular formula is C20H22FN3O3. The molecule has 2 aromatic rings. The van der Waals surface area contributed by atoms with Crippen molar-refractivity contribution in [1.82, 2.24) is 10.4 Å². The average Bonchev–Trinajstić information content (AvgIpc) is 2.69. The van der Waals surface area contributed by atoms with Gasteiger partial charge in [0.2, 0.25) is 5.91 Å². The number of benzene rings is 2. The number of hydrogen-bond acceptors (Lipinski definition) is 4. The normalized spacial score (nSPS) is 15.9. The molecule has 3 N–H and O–H groups in total. The zero-order chi connectivity index (χ0) is 19.2. The Bertz CT molecular complexity index is 828. The molecule has 2 aromatic carbocycles. The molecule has 0 fully saturated rings. The van der Waals surface area contributed by atoms with Crippen LogP contribution in [-0.2, 0) is 4.79 Å². The lowest BCUT2D eigenvalue weighted by Gasteiger charge is -2.38. The first-order valence-corrected chi connectivity index (χ1v) is 8.95. The van der Waals surface area contributed by atoms with Crippen molar-refractivity contribution in [3.63, 3.8) is 0 Å². The predicted molar refractivity (Wildman–Crippen MR) is 98.6 cm³/mol. The van der Waals surface area contributed by atoms with Crippen molar-refractivity contribution in [2.24, 2.45) is 0 Å². The van der Waals surface area contributed by atoms with Crippen molar-refractivity contribution in [3.8, 4) is 0 Å². The van der Waals surface area contributed by atoms with Crippen molar-refractivity contribution in [3.05, 3.63) is 65.5 Å². The molecule has 1 aliphatic heterocycles. The number of carbonyl (C=O) groups excluding carboxylic acids is 2. The number of unbranched alkanes of at least 4 members (excludes halogenated alkanes) is 2. The van der Waals surface area contributed by atoms with E-state index in [0.29, 0.717) is 42.6 Å². The van der Waals surface area contributed by atoms with E-state index in [1.165, 1.54) is 6.07 Å². The quantitative estimate of drug-likeness (QED) is 0.396. The van der Waals surface area contributed by atoms with E-state index in [0.717, 1.165) is 0 Å². The first-order chi connectivity index (χ1) is 13.1. The number of halogens is 1. The van der Waals surface area contributed by atoms with E-state index < -0.39 is 12.1 Å². The van der Waals surface area contributed by atoms with Gasteiger partial charge in [-0.2, -0.15) is 0 Å². The van der Waals surface area contributed by atoms with Crippen LogP contribution >= 0.6 is 0 Å². The lowest BCUT2D eigenvalue weighted by atomic mass is 10.0. The van der Waals surface area contributed by atoms with Crippen LogP contribution in [0.25, 0.3) is 0 Å². The molecule has 0 saturated heterocycles. The van der Waals surface area contributed by atoms with Crippen LogP contribution in [0.5, 0.6) is 0 Å². The minimum Gasteiger partial charge on any atom is -0.361 e. The van der Waals surface area contributed by atoms with E-state index in [2.05, 4.69) is 5.32 Å².